The van der Waals surface area contributed by atoms with Crippen molar-refractivity contribution in [3.63, 3.8) is 0 Å². The summed E-state index contributed by atoms with van der Waals surface area (Å²) in [6.45, 7) is 4.85. The van der Waals surface area contributed by atoms with Crippen molar-refractivity contribution in [1.29, 1.82) is 0 Å². The van der Waals surface area contributed by atoms with E-state index >= 15 is 0 Å². The Kier molecular flexibility index (Phi) is 32.2. The van der Waals surface area contributed by atoms with E-state index in [4.69, 9.17) is 34.4 Å². The molecule has 0 aliphatic carbocycles. The predicted molar refractivity (Wildman–Crippen MR) is 58.9 cm³/mol. The summed E-state index contributed by atoms with van der Waals surface area (Å²) in [4.78, 5) is 0. The van der Waals surface area contributed by atoms with Crippen LogP contribution in [0.25, 0.3) is 0 Å². The molecule has 0 saturated heterocycles. The molecule has 0 heterocycles. The predicted octanol–water partition coefficient (Wildman–Crippen LogP) is -2.90. The van der Waals surface area contributed by atoms with Gasteiger partial charge in [-0.25, -0.2) is 0 Å². The first kappa shape index (κ1) is 18.5. The van der Waals surface area contributed by atoms with Crippen LogP contribution in [0, 0.1) is 0 Å². The molecule has 0 spiro atoms. The minimum atomic E-state index is 0.162. The Hall–Kier alpha value is -0.240. The Morgan fingerprint density at radius 3 is 0.923 bits per heavy atom. The number of hydrogen-bond acceptors (Lipinski definition) is 6. The summed E-state index contributed by atoms with van der Waals surface area (Å²) in [5.41, 5.74) is 29.8. The summed E-state index contributed by atoms with van der Waals surface area (Å²) in [7, 11) is 0. The van der Waals surface area contributed by atoms with Crippen molar-refractivity contribution in [2.45, 2.75) is 13.0 Å². The van der Waals surface area contributed by atoms with Gasteiger partial charge in [-0.15, -0.1) is 0 Å². The van der Waals surface area contributed by atoms with Crippen LogP contribution in [0.3, 0.4) is 0 Å². The van der Waals surface area contributed by atoms with Gasteiger partial charge in [-0.1, -0.05) is 0 Å². The zero-order chi connectivity index (χ0) is 11.1. The summed E-state index contributed by atoms with van der Waals surface area (Å²) >= 11 is 0. The quantitative estimate of drug-likeness (QED) is 0.283. The molecule has 0 radical (unpaired) electrons. The molecule has 0 aromatic heterocycles. The molecule has 0 aromatic carbocycles. The van der Waals surface area contributed by atoms with E-state index in [9.17, 15) is 0 Å². The van der Waals surface area contributed by atoms with Gasteiger partial charge in [0.25, 0.3) is 0 Å². The first-order valence-electron chi connectivity index (χ1n) is 4.36. The van der Waals surface area contributed by atoms with Gasteiger partial charge in [-0.2, -0.15) is 0 Å². The van der Waals surface area contributed by atoms with Gasteiger partial charge in [0.2, 0.25) is 0 Å². The maximum Gasteiger partial charge on any atom is 0.0134 e. The van der Waals surface area contributed by atoms with E-state index < -0.39 is 0 Å². The summed E-state index contributed by atoms with van der Waals surface area (Å²) in [6, 6.07) is 0.162. The van der Waals surface area contributed by atoms with E-state index in [0.29, 0.717) is 32.7 Å². The van der Waals surface area contributed by atoms with Crippen molar-refractivity contribution in [2.75, 3.05) is 32.7 Å². The van der Waals surface area contributed by atoms with Gasteiger partial charge in [0.1, 0.15) is 0 Å². The molecule has 0 fully saturated rings. The maximum absolute atomic E-state index is 5.17. The van der Waals surface area contributed by atoms with Gasteiger partial charge in [-0.3, -0.25) is 0 Å². The zero-order valence-corrected chi connectivity index (χ0v) is 8.58. The van der Waals surface area contributed by atoms with Crippen LogP contribution in [0.5, 0.6) is 0 Å². The van der Waals surface area contributed by atoms with Crippen LogP contribution < -0.4 is 34.4 Å². The second-order valence-electron chi connectivity index (χ2n) is 2.37. The third-order valence-electron chi connectivity index (χ3n) is 0.705. The second-order valence-corrected chi connectivity index (χ2v) is 2.37. The van der Waals surface area contributed by atoms with Gasteiger partial charge < -0.3 is 34.4 Å². The lowest BCUT2D eigenvalue weighted by atomic mass is 10.4. The van der Waals surface area contributed by atoms with Crippen molar-refractivity contribution >= 4 is 0 Å². The highest BCUT2D eigenvalue weighted by atomic mass is 14.7. The number of hydrogen-bond donors (Lipinski definition) is 6. The van der Waals surface area contributed by atoms with Crippen molar-refractivity contribution in [3.05, 3.63) is 0 Å². The van der Waals surface area contributed by atoms with Gasteiger partial charge in [-0.05, 0) is 6.92 Å². The SMILES string of the molecule is CC(N)CN.NCCN.NCCN. The Labute approximate surface area is 81.0 Å². The summed E-state index contributed by atoms with van der Waals surface area (Å²) < 4.78 is 0. The molecule has 0 rings (SSSR count). The van der Waals surface area contributed by atoms with Crippen LogP contribution in [0.1, 0.15) is 6.92 Å². The van der Waals surface area contributed by atoms with Crippen molar-refractivity contribution in [3.8, 4) is 0 Å². The van der Waals surface area contributed by atoms with E-state index in [2.05, 4.69) is 0 Å². The fourth-order valence-corrected chi connectivity index (χ4v) is 0. The Balaban J connectivity index is -0.000000117. The average molecular weight is 194 g/mol. The molecule has 0 bridgehead atoms. The molecule has 0 saturated carbocycles. The van der Waals surface area contributed by atoms with Crippen LogP contribution in [0.15, 0.2) is 0 Å². The number of nitrogens with two attached hydrogens (primary N) is 6. The Morgan fingerprint density at radius 1 is 0.769 bits per heavy atom. The van der Waals surface area contributed by atoms with Crippen LogP contribution in [-0.4, -0.2) is 38.8 Å². The third-order valence-corrected chi connectivity index (χ3v) is 0.705. The lowest BCUT2D eigenvalue weighted by Gasteiger charge is -1.92. The van der Waals surface area contributed by atoms with Crippen LogP contribution in [0.2, 0.25) is 0 Å². The highest BCUT2D eigenvalue weighted by Gasteiger charge is 1.79. The topological polar surface area (TPSA) is 156 Å². The van der Waals surface area contributed by atoms with E-state index in [1.54, 1.807) is 0 Å². The lowest BCUT2D eigenvalue weighted by molar-refractivity contribution is 0.752. The second kappa shape index (κ2) is 22.6. The molecule has 84 valence electrons. The van der Waals surface area contributed by atoms with Crippen LogP contribution in [0.4, 0.5) is 0 Å². The largest absolute Gasteiger partial charge is 0.329 e. The van der Waals surface area contributed by atoms with Gasteiger partial charge in [0.15, 0.2) is 0 Å². The molecule has 0 aliphatic rings. The van der Waals surface area contributed by atoms with E-state index in [0.717, 1.165) is 0 Å². The van der Waals surface area contributed by atoms with Crippen molar-refractivity contribution in [1.82, 2.24) is 0 Å². The monoisotopic (exact) mass is 194 g/mol. The average Bonchev–Trinajstić information content (AvgIpc) is 2.18. The zero-order valence-electron chi connectivity index (χ0n) is 8.58. The molecule has 0 amide bonds. The first-order chi connectivity index (χ1) is 6.10. The van der Waals surface area contributed by atoms with Crippen molar-refractivity contribution in [2.24, 2.45) is 34.4 Å². The maximum atomic E-state index is 5.17. The molecule has 1 atom stereocenters. The standard InChI is InChI=1S/C3H10N2.2C2H8N2/c1-3(5)2-4;2*3-1-2-4/h3H,2,4-5H2,1H3;2*1-4H2. The van der Waals surface area contributed by atoms with Crippen LogP contribution >= 0.6 is 0 Å². The number of rotatable bonds is 3. The summed E-state index contributed by atoms with van der Waals surface area (Å²) in [5, 5.41) is 0. The highest BCUT2D eigenvalue weighted by molar-refractivity contribution is 4.48. The molecular formula is C7H26N6. The highest BCUT2D eigenvalue weighted by Crippen LogP contribution is 1.59. The molecule has 0 aromatic rings. The van der Waals surface area contributed by atoms with E-state index in [1.807, 2.05) is 6.92 Å². The van der Waals surface area contributed by atoms with Gasteiger partial charge >= 0.3 is 0 Å². The molecular weight excluding hydrogens is 168 g/mol. The molecule has 1 unspecified atom stereocenters. The fourth-order valence-electron chi connectivity index (χ4n) is 0. The molecule has 6 heteroatoms. The third kappa shape index (κ3) is 79.2. The Morgan fingerprint density at radius 2 is 0.923 bits per heavy atom. The molecule has 12 N–H and O–H groups in total. The van der Waals surface area contributed by atoms with Crippen molar-refractivity contribution < 1.29 is 0 Å². The minimum absolute atomic E-state index is 0.162. The molecule has 13 heavy (non-hydrogen) atoms. The summed E-state index contributed by atoms with van der Waals surface area (Å²) in [6.07, 6.45) is 0. The molecule has 0 aliphatic heterocycles. The first-order valence-corrected chi connectivity index (χ1v) is 4.36. The normalized spacial score (nSPS) is 10.4. The Bertz CT molecular complexity index is 50.9. The minimum Gasteiger partial charge on any atom is -0.329 e. The smallest absolute Gasteiger partial charge is 0.0134 e. The lowest BCUT2D eigenvalue weighted by Crippen LogP contribution is -2.25. The fraction of sp³-hybridized carbons (Fsp3) is 1.00. The van der Waals surface area contributed by atoms with Crippen LogP contribution in [-0.2, 0) is 0 Å². The van der Waals surface area contributed by atoms with Gasteiger partial charge in [0, 0.05) is 38.8 Å². The summed E-state index contributed by atoms with van der Waals surface area (Å²) in [5.74, 6) is 0. The van der Waals surface area contributed by atoms with Gasteiger partial charge in [0.05, 0.1) is 0 Å². The molecule has 6 nitrogen and oxygen atoms in total. The van der Waals surface area contributed by atoms with E-state index in [1.165, 1.54) is 0 Å². The van der Waals surface area contributed by atoms with E-state index in [-0.39, 0.29) is 6.04 Å².